The first-order chi connectivity index (χ1) is 38.5. The van der Waals surface area contributed by atoms with E-state index < -0.39 is 73.5 Å². The van der Waals surface area contributed by atoms with Crippen molar-refractivity contribution in [1.29, 1.82) is 0 Å². The van der Waals surface area contributed by atoms with E-state index in [-0.39, 0.29) is 61.0 Å². The first kappa shape index (κ1) is 59.9. The lowest BCUT2D eigenvalue weighted by molar-refractivity contribution is -0.144. The van der Waals surface area contributed by atoms with Crippen LogP contribution in [0.15, 0.2) is 97.1 Å². The van der Waals surface area contributed by atoms with Crippen molar-refractivity contribution >= 4 is 61.0 Å². The molecule has 8 amide bonds. The Bertz CT molecular complexity index is 2980. The molecule has 0 spiro atoms. The van der Waals surface area contributed by atoms with Gasteiger partial charge in [0.1, 0.15) is 24.2 Å². The normalized spacial score (nSPS) is 21.7. The topological polar surface area (TPSA) is 239 Å². The van der Waals surface area contributed by atoms with Gasteiger partial charge in [-0.3, -0.25) is 38.4 Å². The number of carbonyl (C=O) groups excluding carboxylic acids is 8. The van der Waals surface area contributed by atoms with E-state index in [1.54, 1.807) is 81.4 Å². The molecule has 18 nitrogen and oxygen atoms in total. The standard InChI is InChI=1S/C62H82N10O8Si/c1-37(63-6)54(73)69-50(60(79)72-36-81(8,9)35-52(72)59(78)68-49-23-15-19-41-17-11-13-21-47(41)49)32-39-24-26-42(27-25-39)56(75)65-44-30-28-43(29-31-44)57(76)66-45-33-51(58(77)67-48-22-14-18-40-16-10-12-20-46(40)48)71(34-45)61(80)53(62(3,4)5)70-55(74)38(2)64-7/h10-13,16-17,20-21,24-31,37-38,45,48-53,63-64H,14-15,18-19,22-23,32-36H2,1-9H3,(H,65,75)(H,66,76)(H,67,77)(H,68,78)(H,69,73)(H,70,74)/t37?,38?,45-,48+,49+,50?,51-,52?,53?/m0/s1. The summed E-state index contributed by atoms with van der Waals surface area (Å²) in [4.78, 5) is 115. The molecule has 2 aliphatic carbocycles. The second-order valence-corrected chi connectivity index (χ2v) is 29.4. The first-order valence-corrected chi connectivity index (χ1v) is 32.1. The van der Waals surface area contributed by atoms with Gasteiger partial charge < -0.3 is 52.3 Å². The van der Waals surface area contributed by atoms with Crippen molar-refractivity contribution in [1.82, 2.24) is 47.0 Å². The van der Waals surface area contributed by atoms with Crippen LogP contribution in [0.1, 0.15) is 127 Å². The van der Waals surface area contributed by atoms with Gasteiger partial charge in [-0.25, -0.2) is 0 Å². The maximum atomic E-state index is 14.7. The van der Waals surface area contributed by atoms with Gasteiger partial charge in [-0.05, 0) is 149 Å². The lowest BCUT2D eigenvalue weighted by Gasteiger charge is -2.36. The van der Waals surface area contributed by atoms with Crippen LogP contribution in [0, 0.1) is 5.41 Å². The van der Waals surface area contributed by atoms with Gasteiger partial charge in [-0.2, -0.15) is 0 Å². The number of nitrogens with zero attached hydrogens (tertiary/aromatic N) is 2. The monoisotopic (exact) mass is 1120 g/mol. The van der Waals surface area contributed by atoms with Crippen LogP contribution in [-0.4, -0.2) is 134 Å². The number of aryl methyl sites for hydroxylation is 2. The molecule has 4 aromatic carbocycles. The van der Waals surface area contributed by atoms with Crippen LogP contribution in [0.3, 0.4) is 0 Å². The van der Waals surface area contributed by atoms with E-state index in [4.69, 9.17) is 0 Å². The van der Waals surface area contributed by atoms with Crippen molar-refractivity contribution in [2.75, 3.05) is 32.1 Å². The quantitative estimate of drug-likeness (QED) is 0.0602. The molecule has 2 fully saturated rings. The molecule has 2 aliphatic heterocycles. The van der Waals surface area contributed by atoms with Crippen molar-refractivity contribution in [2.45, 2.75) is 159 Å². The lowest BCUT2D eigenvalue weighted by atomic mass is 9.85. The van der Waals surface area contributed by atoms with Crippen LogP contribution >= 0.6 is 0 Å². The van der Waals surface area contributed by atoms with Gasteiger partial charge in [-0.1, -0.05) is 94.5 Å². The highest BCUT2D eigenvalue weighted by atomic mass is 28.3. The number of carbonyl (C=O) groups is 8. The minimum atomic E-state index is -2.03. The Hall–Kier alpha value is -7.22. The van der Waals surface area contributed by atoms with Crippen LogP contribution in [0.4, 0.5) is 5.69 Å². The number of likely N-dealkylation sites (N-methyl/N-ethyl adjacent to an activating group) is 2. The first-order valence-electron chi connectivity index (χ1n) is 28.7. The summed E-state index contributed by atoms with van der Waals surface area (Å²) in [6.45, 7) is 13.4. The highest BCUT2D eigenvalue weighted by Gasteiger charge is 2.48. The molecular weight excluding hydrogens is 1040 g/mol. The van der Waals surface area contributed by atoms with E-state index >= 15 is 0 Å². The second-order valence-electron chi connectivity index (χ2n) is 24.4. The smallest absolute Gasteiger partial charge is 0.255 e. The van der Waals surface area contributed by atoms with E-state index in [9.17, 15) is 38.4 Å². The predicted octanol–water partition coefficient (Wildman–Crippen LogP) is 5.26. The molecule has 4 aromatic rings. The van der Waals surface area contributed by atoms with Crippen LogP contribution in [-0.2, 0) is 48.0 Å². The van der Waals surface area contributed by atoms with E-state index in [0.717, 1.165) is 49.7 Å². The molecule has 0 aromatic heterocycles. The summed E-state index contributed by atoms with van der Waals surface area (Å²) < 4.78 is 0. The average molecular weight is 1120 g/mol. The molecule has 0 bridgehead atoms. The third-order valence-electron chi connectivity index (χ3n) is 16.6. The Morgan fingerprint density at radius 2 is 1.14 bits per heavy atom. The van der Waals surface area contributed by atoms with E-state index in [0.29, 0.717) is 34.6 Å². The van der Waals surface area contributed by atoms with E-state index in [1.165, 1.54) is 16.0 Å². The van der Waals surface area contributed by atoms with Crippen LogP contribution in [0.5, 0.6) is 0 Å². The number of fused-ring (bicyclic) bond motifs is 2. The Labute approximate surface area is 477 Å². The molecule has 2 saturated heterocycles. The SMILES string of the molecule is CNC(C)C(=O)NC(Cc1ccc(C(=O)Nc2ccc(C(=O)N[C@H]3C[C@@H](C(=O)N[C@@H]4CCCc5ccccc54)N(C(=O)C(NC(=O)C(C)NC)C(C)(C)C)C3)cc2)cc1)C(=O)N1C[Si](C)(C)CC1C(=O)N[C@@H]1CCCc2ccccc21. The minimum Gasteiger partial charge on any atom is -0.348 e. The summed E-state index contributed by atoms with van der Waals surface area (Å²) in [5, 5.41) is 24.2. The van der Waals surface area contributed by atoms with E-state index in [1.807, 2.05) is 51.1 Å². The van der Waals surface area contributed by atoms with E-state index in [2.05, 4.69) is 73.8 Å². The molecule has 8 rings (SSSR count). The van der Waals surface area contributed by atoms with Gasteiger partial charge in [0.05, 0.1) is 32.2 Å². The van der Waals surface area contributed by atoms with Gasteiger partial charge in [0.15, 0.2) is 0 Å². The summed E-state index contributed by atoms with van der Waals surface area (Å²) in [7, 11) is 1.30. The molecule has 0 radical (unpaired) electrons. The van der Waals surface area contributed by atoms with Crippen molar-refractivity contribution in [3.8, 4) is 0 Å². The molecule has 81 heavy (non-hydrogen) atoms. The molecule has 19 heteroatoms. The number of benzene rings is 4. The zero-order valence-corrected chi connectivity index (χ0v) is 49.4. The van der Waals surface area contributed by atoms with Crippen molar-refractivity contribution in [2.24, 2.45) is 5.41 Å². The fourth-order valence-corrected chi connectivity index (χ4v) is 14.6. The maximum Gasteiger partial charge on any atom is 0.255 e. The predicted molar refractivity (Wildman–Crippen MR) is 315 cm³/mol. The number of rotatable bonds is 18. The molecule has 8 N–H and O–H groups in total. The van der Waals surface area contributed by atoms with Crippen molar-refractivity contribution in [3.05, 3.63) is 136 Å². The van der Waals surface area contributed by atoms with Gasteiger partial charge in [0.2, 0.25) is 35.4 Å². The minimum absolute atomic E-state index is 0.0376. The number of hydrogen-bond donors (Lipinski definition) is 8. The second kappa shape index (κ2) is 25.7. The molecule has 0 saturated carbocycles. The molecule has 4 aliphatic rings. The van der Waals surface area contributed by atoms with Crippen LogP contribution < -0.4 is 42.5 Å². The Morgan fingerprint density at radius 1 is 0.617 bits per heavy atom. The van der Waals surface area contributed by atoms with Crippen LogP contribution in [0.25, 0.3) is 0 Å². The fourth-order valence-electron chi connectivity index (χ4n) is 11.8. The molecule has 432 valence electrons. The third-order valence-corrected chi connectivity index (χ3v) is 19.3. The highest BCUT2D eigenvalue weighted by Crippen LogP contribution is 2.34. The van der Waals surface area contributed by atoms with Crippen molar-refractivity contribution < 1.29 is 38.4 Å². The van der Waals surface area contributed by atoms with Gasteiger partial charge in [0, 0.05) is 42.0 Å². The number of hydrogen-bond acceptors (Lipinski definition) is 10. The Morgan fingerprint density at radius 3 is 1.69 bits per heavy atom. The number of anilines is 1. The zero-order valence-electron chi connectivity index (χ0n) is 48.4. The lowest BCUT2D eigenvalue weighted by Crippen LogP contribution is -2.59. The fraction of sp³-hybridized carbons (Fsp3) is 0.484. The number of likely N-dealkylation sites (tertiary alicyclic amines) is 1. The molecule has 9 atom stereocenters. The maximum absolute atomic E-state index is 14.7. The molecule has 5 unspecified atom stereocenters. The average Bonchev–Trinajstić information content (AvgIpc) is 4.27. The molecule has 2 heterocycles. The summed E-state index contributed by atoms with van der Waals surface area (Å²) in [5.41, 5.74) is 5.61. The zero-order chi connectivity index (χ0) is 58.3. The van der Waals surface area contributed by atoms with Gasteiger partial charge >= 0.3 is 0 Å². The van der Waals surface area contributed by atoms with Gasteiger partial charge in [-0.15, -0.1) is 0 Å². The summed E-state index contributed by atoms with van der Waals surface area (Å²) in [6.07, 6.45) is 6.05. The van der Waals surface area contributed by atoms with Crippen LogP contribution in [0.2, 0.25) is 19.1 Å². The molecular formula is C62H82N10O8Si. The Kier molecular flexibility index (Phi) is 19.0. The number of amides is 8. The third kappa shape index (κ3) is 14.5. The largest absolute Gasteiger partial charge is 0.348 e. The summed E-state index contributed by atoms with van der Waals surface area (Å²) >= 11 is 0. The summed E-state index contributed by atoms with van der Waals surface area (Å²) in [6, 6.07) is 24.3. The summed E-state index contributed by atoms with van der Waals surface area (Å²) in [5.74, 6) is -2.81. The van der Waals surface area contributed by atoms with Gasteiger partial charge in [0.25, 0.3) is 11.8 Å². The van der Waals surface area contributed by atoms with Crippen molar-refractivity contribution in [3.63, 3.8) is 0 Å². The Balaban J connectivity index is 0.914. The number of nitrogens with one attached hydrogen (secondary N) is 8. The highest BCUT2D eigenvalue weighted by molar-refractivity contribution is 6.79.